The SMILES string of the molecule is Cc1cc(C(=O)Nc2cc(Cl)ccc2Br)cc(NN)n1. The lowest BCUT2D eigenvalue weighted by atomic mass is 10.2. The number of pyridine rings is 1. The molecule has 0 bridgehead atoms. The first-order valence-corrected chi connectivity index (χ1v) is 6.88. The third kappa shape index (κ3) is 3.47. The molecular formula is C13H12BrClN4O. The molecule has 1 aromatic carbocycles. The molecule has 0 unspecified atom stereocenters. The molecule has 2 rings (SSSR count). The highest BCUT2D eigenvalue weighted by atomic mass is 79.9. The molecule has 5 nitrogen and oxygen atoms in total. The lowest BCUT2D eigenvalue weighted by Crippen LogP contribution is -2.15. The molecule has 0 aliphatic carbocycles. The van der Waals surface area contributed by atoms with E-state index in [9.17, 15) is 4.79 Å². The normalized spacial score (nSPS) is 10.2. The number of hydrogen-bond donors (Lipinski definition) is 3. The number of aryl methyl sites for hydroxylation is 1. The maximum atomic E-state index is 12.2. The second-order valence-electron chi connectivity index (χ2n) is 4.11. The number of amides is 1. The van der Waals surface area contributed by atoms with Gasteiger partial charge in [-0.1, -0.05) is 11.6 Å². The van der Waals surface area contributed by atoms with Gasteiger partial charge in [0, 0.05) is 20.8 Å². The van der Waals surface area contributed by atoms with E-state index in [1.807, 2.05) is 0 Å². The van der Waals surface area contributed by atoms with Crippen molar-refractivity contribution < 1.29 is 4.79 Å². The van der Waals surface area contributed by atoms with Crippen LogP contribution in [0.3, 0.4) is 0 Å². The van der Waals surface area contributed by atoms with Crippen molar-refractivity contribution in [2.75, 3.05) is 10.7 Å². The number of nitrogens with two attached hydrogens (primary N) is 1. The molecule has 0 spiro atoms. The molecule has 1 heterocycles. The average Bonchev–Trinajstić information content (AvgIpc) is 2.42. The van der Waals surface area contributed by atoms with Crippen molar-refractivity contribution in [3.63, 3.8) is 0 Å². The number of hydrazine groups is 1. The zero-order chi connectivity index (χ0) is 14.7. The minimum Gasteiger partial charge on any atom is -0.321 e. The molecule has 0 fully saturated rings. The Morgan fingerprint density at radius 1 is 1.35 bits per heavy atom. The largest absolute Gasteiger partial charge is 0.321 e. The van der Waals surface area contributed by atoms with Gasteiger partial charge in [0.1, 0.15) is 5.82 Å². The Kier molecular flexibility index (Phi) is 4.59. The number of nitrogen functional groups attached to an aromatic ring is 1. The van der Waals surface area contributed by atoms with Crippen LogP contribution in [-0.4, -0.2) is 10.9 Å². The Labute approximate surface area is 129 Å². The van der Waals surface area contributed by atoms with Gasteiger partial charge < -0.3 is 10.7 Å². The third-order valence-electron chi connectivity index (χ3n) is 2.54. The van der Waals surface area contributed by atoms with Crippen molar-refractivity contribution >= 4 is 44.9 Å². The average molecular weight is 356 g/mol. The first-order chi connectivity index (χ1) is 9.49. The molecule has 0 atom stereocenters. The molecule has 1 aromatic heterocycles. The quantitative estimate of drug-likeness (QED) is 0.583. The number of nitrogens with zero attached hydrogens (tertiary/aromatic N) is 1. The number of rotatable bonds is 3. The fraction of sp³-hybridized carbons (Fsp3) is 0.0769. The highest BCUT2D eigenvalue weighted by Crippen LogP contribution is 2.26. The van der Waals surface area contributed by atoms with Gasteiger partial charge in [0.25, 0.3) is 5.91 Å². The standard InChI is InChI=1S/C13H12BrClN4O/c1-7-4-8(5-12(17-7)19-16)13(20)18-11-6-9(15)2-3-10(11)14/h2-6H,16H2,1H3,(H,17,19)(H,18,20). The van der Waals surface area contributed by atoms with E-state index in [1.54, 1.807) is 37.3 Å². The zero-order valence-electron chi connectivity index (χ0n) is 10.6. The Morgan fingerprint density at radius 2 is 2.10 bits per heavy atom. The number of nitrogens with one attached hydrogen (secondary N) is 2. The van der Waals surface area contributed by atoms with Gasteiger partial charge in [-0.25, -0.2) is 10.8 Å². The summed E-state index contributed by atoms with van der Waals surface area (Å²) in [6.45, 7) is 1.78. The molecule has 7 heteroatoms. The van der Waals surface area contributed by atoms with E-state index in [0.717, 1.165) is 4.47 Å². The monoisotopic (exact) mass is 354 g/mol. The number of hydrogen-bond acceptors (Lipinski definition) is 4. The van der Waals surface area contributed by atoms with Crippen molar-refractivity contribution in [2.24, 2.45) is 5.84 Å². The summed E-state index contributed by atoms with van der Waals surface area (Å²) in [5.41, 5.74) is 4.17. The maximum absolute atomic E-state index is 12.2. The van der Waals surface area contributed by atoms with Crippen LogP contribution in [0.2, 0.25) is 5.02 Å². The summed E-state index contributed by atoms with van der Waals surface area (Å²) in [6.07, 6.45) is 0. The van der Waals surface area contributed by atoms with E-state index in [2.05, 4.69) is 31.7 Å². The highest BCUT2D eigenvalue weighted by molar-refractivity contribution is 9.10. The van der Waals surface area contributed by atoms with E-state index in [4.69, 9.17) is 17.4 Å². The van der Waals surface area contributed by atoms with E-state index in [-0.39, 0.29) is 5.91 Å². The molecule has 0 aliphatic rings. The topological polar surface area (TPSA) is 80.0 Å². The first-order valence-electron chi connectivity index (χ1n) is 5.71. The van der Waals surface area contributed by atoms with Crippen LogP contribution < -0.4 is 16.6 Å². The predicted molar refractivity (Wildman–Crippen MR) is 83.9 cm³/mol. The van der Waals surface area contributed by atoms with E-state index in [1.165, 1.54) is 0 Å². The Hall–Kier alpha value is -1.63. The summed E-state index contributed by atoms with van der Waals surface area (Å²) in [5, 5.41) is 3.32. The molecule has 0 radical (unpaired) electrons. The highest BCUT2D eigenvalue weighted by Gasteiger charge is 2.11. The van der Waals surface area contributed by atoms with Gasteiger partial charge in [-0.3, -0.25) is 4.79 Å². The van der Waals surface area contributed by atoms with E-state index in [0.29, 0.717) is 27.8 Å². The minimum atomic E-state index is -0.269. The molecule has 0 saturated carbocycles. The fourth-order valence-electron chi connectivity index (χ4n) is 1.66. The molecule has 0 aliphatic heterocycles. The summed E-state index contributed by atoms with van der Waals surface area (Å²) in [7, 11) is 0. The summed E-state index contributed by atoms with van der Waals surface area (Å²) in [4.78, 5) is 16.4. The predicted octanol–water partition coefficient (Wildman–Crippen LogP) is 3.34. The third-order valence-corrected chi connectivity index (χ3v) is 3.47. The summed E-state index contributed by atoms with van der Waals surface area (Å²) in [6, 6.07) is 8.41. The number of carbonyl (C=O) groups excluding carboxylic acids is 1. The second kappa shape index (κ2) is 6.21. The van der Waals surface area contributed by atoms with Crippen molar-refractivity contribution in [3.8, 4) is 0 Å². The summed E-state index contributed by atoms with van der Waals surface area (Å²) < 4.78 is 0.748. The first kappa shape index (κ1) is 14.8. The van der Waals surface area contributed by atoms with Crippen LogP contribution >= 0.6 is 27.5 Å². The van der Waals surface area contributed by atoms with Crippen LogP contribution in [0.25, 0.3) is 0 Å². The van der Waals surface area contributed by atoms with Crippen LogP contribution in [0.4, 0.5) is 11.5 Å². The molecule has 0 saturated heterocycles. The number of anilines is 2. The molecule has 1 amide bonds. The van der Waals surface area contributed by atoms with Crippen molar-refractivity contribution in [1.29, 1.82) is 0 Å². The van der Waals surface area contributed by atoms with Gasteiger partial charge in [0.05, 0.1) is 5.69 Å². The second-order valence-corrected chi connectivity index (χ2v) is 5.40. The lowest BCUT2D eigenvalue weighted by molar-refractivity contribution is 0.102. The van der Waals surface area contributed by atoms with Gasteiger partial charge in [0.15, 0.2) is 0 Å². The minimum absolute atomic E-state index is 0.269. The van der Waals surface area contributed by atoms with Crippen LogP contribution in [0.5, 0.6) is 0 Å². The van der Waals surface area contributed by atoms with E-state index >= 15 is 0 Å². The van der Waals surface area contributed by atoms with Crippen molar-refractivity contribution in [1.82, 2.24) is 4.98 Å². The number of carbonyl (C=O) groups is 1. The molecular weight excluding hydrogens is 344 g/mol. The molecule has 104 valence electrons. The van der Waals surface area contributed by atoms with Gasteiger partial charge in [0.2, 0.25) is 0 Å². The van der Waals surface area contributed by atoms with Gasteiger partial charge in [-0.05, 0) is 53.2 Å². The summed E-state index contributed by atoms with van der Waals surface area (Å²) >= 11 is 9.27. The Balaban J connectivity index is 2.28. The number of aromatic nitrogens is 1. The smallest absolute Gasteiger partial charge is 0.255 e. The van der Waals surface area contributed by atoms with Crippen LogP contribution in [0, 0.1) is 6.92 Å². The molecule has 2 aromatic rings. The van der Waals surface area contributed by atoms with Crippen molar-refractivity contribution in [3.05, 3.63) is 51.1 Å². The van der Waals surface area contributed by atoms with Crippen LogP contribution in [0.1, 0.15) is 16.1 Å². The Bertz CT molecular complexity index is 663. The zero-order valence-corrected chi connectivity index (χ0v) is 12.9. The van der Waals surface area contributed by atoms with Crippen LogP contribution in [-0.2, 0) is 0 Å². The van der Waals surface area contributed by atoms with Gasteiger partial charge in [-0.2, -0.15) is 0 Å². The summed E-state index contributed by atoms with van der Waals surface area (Å²) in [5.74, 6) is 5.48. The molecule has 20 heavy (non-hydrogen) atoms. The fourth-order valence-corrected chi connectivity index (χ4v) is 2.18. The lowest BCUT2D eigenvalue weighted by Gasteiger charge is -2.09. The van der Waals surface area contributed by atoms with Crippen LogP contribution in [0.15, 0.2) is 34.8 Å². The molecule has 4 N–H and O–H groups in total. The van der Waals surface area contributed by atoms with Crippen molar-refractivity contribution in [2.45, 2.75) is 6.92 Å². The van der Waals surface area contributed by atoms with Gasteiger partial charge >= 0.3 is 0 Å². The number of benzene rings is 1. The Morgan fingerprint density at radius 3 is 2.80 bits per heavy atom. The van der Waals surface area contributed by atoms with E-state index < -0.39 is 0 Å². The van der Waals surface area contributed by atoms with Gasteiger partial charge in [-0.15, -0.1) is 0 Å². The number of halogens is 2. The maximum Gasteiger partial charge on any atom is 0.255 e.